The summed E-state index contributed by atoms with van der Waals surface area (Å²) in [4.78, 5) is 19.8. The van der Waals surface area contributed by atoms with E-state index in [1.54, 1.807) is 23.1 Å². The fourth-order valence-electron chi connectivity index (χ4n) is 2.45. The van der Waals surface area contributed by atoms with Crippen molar-refractivity contribution < 1.29 is 9.53 Å². The Bertz CT molecular complexity index is 921. The molecule has 0 saturated heterocycles. The van der Waals surface area contributed by atoms with Gasteiger partial charge in [0, 0.05) is 25.6 Å². The summed E-state index contributed by atoms with van der Waals surface area (Å²) in [5.41, 5.74) is 2.16. The molecule has 0 fully saturated rings. The van der Waals surface area contributed by atoms with Gasteiger partial charge in [0.15, 0.2) is 0 Å². The number of ether oxygens (including phenoxy) is 1. The Morgan fingerprint density at radius 3 is 2.75 bits per heavy atom. The molecule has 6 heteroatoms. The Morgan fingerprint density at radius 1 is 1.29 bits per heavy atom. The van der Waals surface area contributed by atoms with Crippen molar-refractivity contribution in [2.24, 2.45) is 0 Å². The van der Waals surface area contributed by atoms with Crippen molar-refractivity contribution in [3.8, 4) is 0 Å². The first kappa shape index (κ1) is 17.3. The predicted octanol–water partition coefficient (Wildman–Crippen LogP) is 5.65. The molecule has 0 N–H and O–H groups in total. The van der Waals surface area contributed by atoms with Gasteiger partial charge in [0.1, 0.15) is 11.8 Å². The summed E-state index contributed by atoms with van der Waals surface area (Å²) < 4.78 is 5.42. The fraction of sp³-hybridized carbons (Fsp3) is 0.222. The van der Waals surface area contributed by atoms with Crippen LogP contribution in [-0.2, 0) is 11.3 Å². The van der Waals surface area contributed by atoms with Crippen LogP contribution >= 0.6 is 34.7 Å². The lowest BCUT2D eigenvalue weighted by Crippen LogP contribution is -2.06. The summed E-state index contributed by atoms with van der Waals surface area (Å²) in [6.07, 6.45) is 2.02. The maximum absolute atomic E-state index is 12.2. The Morgan fingerprint density at radius 2 is 2.08 bits per heavy atom. The lowest BCUT2D eigenvalue weighted by Gasteiger charge is -2.08. The number of hydrogen-bond acceptors (Lipinski definition) is 5. The van der Waals surface area contributed by atoms with Gasteiger partial charge in [0.05, 0.1) is 11.1 Å². The maximum atomic E-state index is 12.2. The van der Waals surface area contributed by atoms with Gasteiger partial charge in [-0.3, -0.25) is 0 Å². The number of esters is 1. The first-order chi connectivity index (χ1) is 11.5. The summed E-state index contributed by atoms with van der Waals surface area (Å²) in [7, 11) is 0. The Kier molecular flexibility index (Phi) is 5.13. The van der Waals surface area contributed by atoms with Crippen molar-refractivity contribution in [3.63, 3.8) is 0 Å². The number of halogens is 1. The van der Waals surface area contributed by atoms with E-state index in [9.17, 15) is 4.79 Å². The van der Waals surface area contributed by atoms with Crippen LogP contribution in [0.5, 0.6) is 0 Å². The van der Waals surface area contributed by atoms with Crippen LogP contribution in [0.15, 0.2) is 35.2 Å². The second kappa shape index (κ2) is 7.13. The molecular weight excluding hydrogens is 362 g/mol. The minimum absolute atomic E-state index is 0.110. The van der Waals surface area contributed by atoms with Crippen LogP contribution in [0, 0.1) is 13.8 Å². The first-order valence-corrected chi connectivity index (χ1v) is 9.77. The van der Waals surface area contributed by atoms with Gasteiger partial charge in [-0.15, -0.1) is 23.1 Å². The largest absolute Gasteiger partial charge is 0.457 e. The van der Waals surface area contributed by atoms with Crippen LogP contribution in [-0.4, -0.2) is 17.2 Å². The number of aromatic nitrogens is 1. The van der Waals surface area contributed by atoms with Gasteiger partial charge in [-0.2, -0.15) is 0 Å². The zero-order valence-corrected chi connectivity index (χ0v) is 15.9. The summed E-state index contributed by atoms with van der Waals surface area (Å²) in [6.45, 7) is 4.00. The molecule has 0 saturated carbocycles. The van der Waals surface area contributed by atoms with Crippen LogP contribution in [0.25, 0.3) is 10.9 Å². The summed E-state index contributed by atoms with van der Waals surface area (Å²) >= 11 is 9.50. The zero-order chi connectivity index (χ0) is 17.3. The van der Waals surface area contributed by atoms with Crippen LogP contribution in [0.3, 0.4) is 0 Å². The number of aryl methyl sites for hydroxylation is 2. The Hall–Kier alpha value is -1.56. The first-order valence-electron chi connectivity index (χ1n) is 7.35. The minimum atomic E-state index is -0.328. The van der Waals surface area contributed by atoms with E-state index in [4.69, 9.17) is 16.3 Å². The molecule has 1 aromatic carbocycles. The highest BCUT2D eigenvalue weighted by molar-refractivity contribution is 7.98. The molecule has 0 atom stereocenters. The average molecular weight is 378 g/mol. The third-order valence-electron chi connectivity index (χ3n) is 3.67. The third kappa shape index (κ3) is 3.58. The SMILES string of the molecule is CSc1ccc2cc(COC(=O)c3cc(C)sc3C)c(Cl)nc2c1. The average Bonchev–Trinajstić information content (AvgIpc) is 2.90. The van der Waals surface area contributed by atoms with Crippen molar-refractivity contribution in [2.75, 3.05) is 6.26 Å². The second-order valence-corrected chi connectivity index (χ2v) is 8.10. The molecule has 124 valence electrons. The van der Waals surface area contributed by atoms with Crippen molar-refractivity contribution in [1.82, 2.24) is 4.98 Å². The molecule has 0 aliphatic rings. The van der Waals surface area contributed by atoms with E-state index >= 15 is 0 Å². The zero-order valence-electron chi connectivity index (χ0n) is 13.6. The maximum Gasteiger partial charge on any atom is 0.339 e. The molecule has 2 aromatic heterocycles. The molecule has 0 spiro atoms. The highest BCUT2D eigenvalue weighted by Gasteiger charge is 2.15. The molecule has 2 heterocycles. The van der Waals surface area contributed by atoms with Crippen molar-refractivity contribution >= 4 is 51.6 Å². The molecule has 0 unspecified atom stereocenters. The Labute approximate surface area is 154 Å². The quantitative estimate of drug-likeness (QED) is 0.335. The van der Waals surface area contributed by atoms with E-state index < -0.39 is 0 Å². The topological polar surface area (TPSA) is 39.2 Å². The molecule has 0 radical (unpaired) electrons. The number of carbonyl (C=O) groups is 1. The number of benzene rings is 1. The molecule has 3 aromatic rings. The van der Waals surface area contributed by atoms with Crippen LogP contribution in [0.2, 0.25) is 5.15 Å². The predicted molar refractivity (Wildman–Crippen MR) is 101 cm³/mol. The van der Waals surface area contributed by atoms with Gasteiger partial charge in [-0.1, -0.05) is 17.7 Å². The van der Waals surface area contributed by atoms with Crippen molar-refractivity contribution in [1.29, 1.82) is 0 Å². The number of thioether (sulfide) groups is 1. The Balaban J connectivity index is 1.81. The van der Waals surface area contributed by atoms with Gasteiger partial charge >= 0.3 is 5.97 Å². The molecule has 0 aliphatic heterocycles. The number of carbonyl (C=O) groups excluding carboxylic acids is 1. The van der Waals surface area contributed by atoms with Crippen LogP contribution in [0.4, 0.5) is 0 Å². The van der Waals surface area contributed by atoms with Gasteiger partial charge in [-0.25, -0.2) is 9.78 Å². The van der Waals surface area contributed by atoms with E-state index in [1.165, 1.54) is 0 Å². The van der Waals surface area contributed by atoms with E-state index in [1.807, 2.05) is 50.4 Å². The monoisotopic (exact) mass is 377 g/mol. The van der Waals surface area contributed by atoms with Gasteiger partial charge < -0.3 is 4.74 Å². The summed E-state index contributed by atoms with van der Waals surface area (Å²) in [5, 5.41) is 1.34. The third-order valence-corrected chi connectivity index (χ3v) is 5.69. The normalized spacial score (nSPS) is 11.0. The lowest BCUT2D eigenvalue weighted by atomic mass is 10.1. The standard InChI is InChI=1S/C18H16ClNO2S2/c1-10-6-15(11(2)24-10)18(21)22-9-13-7-12-4-5-14(23-3)8-16(12)20-17(13)19/h4-8H,9H2,1-3H3. The molecule has 24 heavy (non-hydrogen) atoms. The number of thiophene rings is 1. The van der Waals surface area contributed by atoms with E-state index in [-0.39, 0.29) is 12.6 Å². The number of nitrogens with zero attached hydrogens (tertiary/aromatic N) is 1. The van der Waals surface area contributed by atoms with Crippen molar-refractivity contribution in [3.05, 3.63) is 56.4 Å². The number of hydrogen-bond donors (Lipinski definition) is 0. The summed E-state index contributed by atoms with van der Waals surface area (Å²) in [5.74, 6) is -0.328. The minimum Gasteiger partial charge on any atom is -0.457 e. The molecule has 0 aliphatic carbocycles. The molecular formula is C18H16ClNO2S2. The lowest BCUT2D eigenvalue weighted by molar-refractivity contribution is 0.0472. The van der Waals surface area contributed by atoms with Crippen LogP contribution < -0.4 is 0 Å². The van der Waals surface area contributed by atoms with E-state index in [0.717, 1.165) is 25.6 Å². The smallest absolute Gasteiger partial charge is 0.339 e. The molecule has 3 rings (SSSR count). The summed E-state index contributed by atoms with van der Waals surface area (Å²) in [6, 6.07) is 9.82. The second-order valence-electron chi connectivity index (χ2n) is 5.40. The number of rotatable bonds is 4. The van der Waals surface area contributed by atoms with Gasteiger partial charge in [0.25, 0.3) is 0 Å². The van der Waals surface area contributed by atoms with E-state index in [0.29, 0.717) is 16.3 Å². The van der Waals surface area contributed by atoms with Gasteiger partial charge in [0.2, 0.25) is 0 Å². The van der Waals surface area contributed by atoms with E-state index in [2.05, 4.69) is 4.98 Å². The highest BCUT2D eigenvalue weighted by Crippen LogP contribution is 2.26. The molecule has 3 nitrogen and oxygen atoms in total. The fourth-order valence-corrected chi connectivity index (χ4v) is 4.00. The molecule has 0 amide bonds. The van der Waals surface area contributed by atoms with Gasteiger partial charge in [-0.05, 0) is 44.4 Å². The highest BCUT2D eigenvalue weighted by atomic mass is 35.5. The number of pyridine rings is 1. The van der Waals surface area contributed by atoms with Crippen LogP contribution in [0.1, 0.15) is 25.7 Å². The molecule has 0 bridgehead atoms. The number of fused-ring (bicyclic) bond motifs is 1. The van der Waals surface area contributed by atoms with Crippen molar-refractivity contribution in [2.45, 2.75) is 25.3 Å².